The Morgan fingerprint density at radius 2 is 1.93 bits per heavy atom. The third-order valence-electron chi connectivity index (χ3n) is 5.28. The summed E-state index contributed by atoms with van der Waals surface area (Å²) >= 11 is 1.49. The van der Waals surface area contributed by atoms with Crippen LogP contribution in [0.2, 0.25) is 0 Å². The number of hydrogen-bond acceptors (Lipinski definition) is 4. The molecule has 1 fully saturated rings. The molecule has 2 aromatic carbocycles. The summed E-state index contributed by atoms with van der Waals surface area (Å²) in [5, 5.41) is 0.877. The molecule has 5 heteroatoms. The van der Waals surface area contributed by atoms with Crippen LogP contribution in [0.4, 0.5) is 0 Å². The highest BCUT2D eigenvalue weighted by atomic mass is 32.1. The summed E-state index contributed by atoms with van der Waals surface area (Å²) < 4.78 is 5.22. The first-order chi connectivity index (χ1) is 13.7. The maximum Gasteiger partial charge on any atom is 0.266 e. The van der Waals surface area contributed by atoms with Crippen LogP contribution in [0, 0.1) is 6.92 Å². The summed E-state index contributed by atoms with van der Waals surface area (Å²) in [6, 6.07) is 18.5. The number of aryl methyl sites for hydroxylation is 1. The Labute approximate surface area is 169 Å². The fourth-order valence-electron chi connectivity index (χ4n) is 3.78. The number of rotatable bonds is 5. The van der Waals surface area contributed by atoms with E-state index in [9.17, 15) is 4.79 Å². The maximum atomic E-state index is 13.3. The summed E-state index contributed by atoms with van der Waals surface area (Å²) in [6.45, 7) is 2.75. The van der Waals surface area contributed by atoms with Crippen molar-refractivity contribution in [1.29, 1.82) is 0 Å². The van der Waals surface area contributed by atoms with Gasteiger partial charge in [-0.25, -0.2) is 4.98 Å². The van der Waals surface area contributed by atoms with Gasteiger partial charge in [0.1, 0.15) is 15.6 Å². The van der Waals surface area contributed by atoms with E-state index >= 15 is 0 Å². The molecule has 1 aliphatic rings. The van der Waals surface area contributed by atoms with E-state index in [1.807, 2.05) is 42.2 Å². The van der Waals surface area contributed by atoms with Crippen LogP contribution in [0.15, 0.2) is 54.6 Å². The molecule has 1 atom stereocenters. The fraction of sp³-hybridized carbons (Fsp3) is 0.304. The Hall–Kier alpha value is -2.66. The zero-order valence-electron chi connectivity index (χ0n) is 16.2. The lowest BCUT2D eigenvalue weighted by molar-refractivity contribution is 0.0740. The molecule has 1 saturated heterocycles. The molecule has 0 saturated carbocycles. The summed E-state index contributed by atoms with van der Waals surface area (Å²) in [5.74, 6) is 0.933. The van der Waals surface area contributed by atoms with Gasteiger partial charge in [0.05, 0.1) is 12.8 Å². The van der Waals surface area contributed by atoms with Crippen LogP contribution in [0.5, 0.6) is 5.75 Å². The fourth-order valence-corrected chi connectivity index (χ4v) is 4.81. The largest absolute Gasteiger partial charge is 0.497 e. The van der Waals surface area contributed by atoms with E-state index in [4.69, 9.17) is 4.74 Å². The van der Waals surface area contributed by atoms with Crippen molar-refractivity contribution < 1.29 is 9.53 Å². The van der Waals surface area contributed by atoms with E-state index < -0.39 is 0 Å². The van der Waals surface area contributed by atoms with Crippen molar-refractivity contribution in [3.63, 3.8) is 0 Å². The van der Waals surface area contributed by atoms with Gasteiger partial charge in [-0.15, -0.1) is 11.3 Å². The molecule has 1 amide bonds. The molecule has 0 unspecified atom stereocenters. The highest BCUT2D eigenvalue weighted by Gasteiger charge is 2.31. The molecule has 0 bridgehead atoms. The van der Waals surface area contributed by atoms with Crippen LogP contribution in [0.3, 0.4) is 0 Å². The first kappa shape index (κ1) is 18.7. The van der Waals surface area contributed by atoms with Crippen LogP contribution >= 0.6 is 11.3 Å². The highest BCUT2D eigenvalue weighted by Crippen LogP contribution is 2.32. The predicted octanol–water partition coefficient (Wildman–Crippen LogP) is 4.97. The predicted molar refractivity (Wildman–Crippen MR) is 113 cm³/mol. The minimum Gasteiger partial charge on any atom is -0.497 e. The minimum absolute atomic E-state index is 0.119. The summed E-state index contributed by atoms with van der Waals surface area (Å²) in [4.78, 5) is 20.8. The Morgan fingerprint density at radius 1 is 1.18 bits per heavy atom. The van der Waals surface area contributed by atoms with E-state index in [1.165, 1.54) is 16.9 Å². The standard InChI is InChI=1S/C23H24N2O2S/c1-16-21(28-22(24-16)18-10-12-20(27-2)13-11-18)23(26)25-14-6-9-19(25)15-17-7-4-3-5-8-17/h3-5,7-8,10-13,19H,6,9,14-15H2,1-2H3/t19-/m1/s1. The number of aromatic nitrogens is 1. The van der Waals surface area contributed by atoms with Gasteiger partial charge in [-0.05, 0) is 56.0 Å². The van der Waals surface area contributed by atoms with Gasteiger partial charge in [-0.2, -0.15) is 0 Å². The average molecular weight is 393 g/mol. The molecule has 28 heavy (non-hydrogen) atoms. The quantitative estimate of drug-likeness (QED) is 0.615. The second kappa shape index (κ2) is 8.15. The van der Waals surface area contributed by atoms with E-state index in [0.29, 0.717) is 0 Å². The number of thiazole rings is 1. The Bertz CT molecular complexity index is 950. The second-order valence-electron chi connectivity index (χ2n) is 7.15. The Morgan fingerprint density at radius 3 is 2.64 bits per heavy atom. The van der Waals surface area contributed by atoms with Gasteiger partial charge in [0.15, 0.2) is 0 Å². The molecule has 4 rings (SSSR count). The van der Waals surface area contributed by atoms with Crippen LogP contribution < -0.4 is 4.74 Å². The molecule has 144 valence electrons. The number of benzene rings is 2. The lowest BCUT2D eigenvalue weighted by Crippen LogP contribution is -2.36. The summed E-state index contributed by atoms with van der Waals surface area (Å²) in [7, 11) is 1.65. The number of carbonyl (C=O) groups excluding carboxylic acids is 1. The first-order valence-electron chi connectivity index (χ1n) is 9.62. The van der Waals surface area contributed by atoms with E-state index in [-0.39, 0.29) is 11.9 Å². The van der Waals surface area contributed by atoms with Crippen molar-refractivity contribution in [3.05, 3.63) is 70.7 Å². The molecule has 0 spiro atoms. The van der Waals surface area contributed by atoms with Gasteiger partial charge in [-0.1, -0.05) is 30.3 Å². The van der Waals surface area contributed by atoms with Gasteiger partial charge in [0.25, 0.3) is 5.91 Å². The van der Waals surface area contributed by atoms with E-state index in [0.717, 1.165) is 52.7 Å². The van der Waals surface area contributed by atoms with Crippen molar-refractivity contribution in [2.24, 2.45) is 0 Å². The van der Waals surface area contributed by atoms with Crippen molar-refractivity contribution in [2.45, 2.75) is 32.2 Å². The van der Waals surface area contributed by atoms with Crippen LogP contribution in [0.25, 0.3) is 10.6 Å². The monoisotopic (exact) mass is 392 g/mol. The van der Waals surface area contributed by atoms with Gasteiger partial charge in [-0.3, -0.25) is 4.79 Å². The zero-order chi connectivity index (χ0) is 19.5. The van der Waals surface area contributed by atoms with Gasteiger partial charge >= 0.3 is 0 Å². The SMILES string of the molecule is COc1ccc(-c2nc(C)c(C(=O)N3CCC[C@@H]3Cc3ccccc3)s2)cc1. The number of amides is 1. The molecular weight excluding hydrogens is 368 g/mol. The van der Waals surface area contributed by atoms with Crippen molar-refractivity contribution in [1.82, 2.24) is 9.88 Å². The van der Waals surface area contributed by atoms with Gasteiger partial charge in [0.2, 0.25) is 0 Å². The van der Waals surface area contributed by atoms with Crippen LogP contribution in [0.1, 0.15) is 33.8 Å². The summed E-state index contributed by atoms with van der Waals surface area (Å²) in [6.07, 6.45) is 3.03. The van der Waals surface area contributed by atoms with Crippen molar-refractivity contribution in [3.8, 4) is 16.3 Å². The number of hydrogen-bond donors (Lipinski definition) is 0. The maximum absolute atomic E-state index is 13.3. The van der Waals surface area contributed by atoms with Crippen LogP contribution in [-0.4, -0.2) is 35.5 Å². The smallest absolute Gasteiger partial charge is 0.266 e. The number of nitrogens with zero attached hydrogens (tertiary/aromatic N) is 2. The topological polar surface area (TPSA) is 42.4 Å². The zero-order valence-corrected chi connectivity index (χ0v) is 17.0. The lowest BCUT2D eigenvalue weighted by atomic mass is 10.0. The molecule has 1 aliphatic heterocycles. The van der Waals surface area contributed by atoms with Crippen molar-refractivity contribution in [2.75, 3.05) is 13.7 Å². The number of ether oxygens (including phenoxy) is 1. The molecule has 3 aromatic rings. The summed E-state index contributed by atoms with van der Waals surface area (Å²) in [5.41, 5.74) is 3.11. The normalized spacial score (nSPS) is 16.4. The van der Waals surface area contributed by atoms with Gasteiger partial charge < -0.3 is 9.64 Å². The van der Waals surface area contributed by atoms with Crippen LogP contribution in [-0.2, 0) is 6.42 Å². The number of methoxy groups -OCH3 is 1. The van der Waals surface area contributed by atoms with Gasteiger partial charge in [0, 0.05) is 18.2 Å². The van der Waals surface area contributed by atoms with E-state index in [1.54, 1.807) is 7.11 Å². The first-order valence-corrected chi connectivity index (χ1v) is 10.4. The molecule has 2 heterocycles. The Balaban J connectivity index is 1.54. The minimum atomic E-state index is 0.119. The number of carbonyl (C=O) groups is 1. The lowest BCUT2D eigenvalue weighted by Gasteiger charge is -2.24. The second-order valence-corrected chi connectivity index (χ2v) is 8.15. The molecule has 4 nitrogen and oxygen atoms in total. The molecule has 0 N–H and O–H groups in total. The highest BCUT2D eigenvalue weighted by molar-refractivity contribution is 7.17. The Kier molecular flexibility index (Phi) is 5.44. The average Bonchev–Trinajstić information content (AvgIpc) is 3.35. The molecule has 0 aliphatic carbocycles. The molecule has 0 radical (unpaired) electrons. The van der Waals surface area contributed by atoms with E-state index in [2.05, 4.69) is 29.2 Å². The molecule has 1 aromatic heterocycles. The third-order valence-corrected chi connectivity index (χ3v) is 6.47. The number of likely N-dealkylation sites (tertiary alicyclic amines) is 1. The van der Waals surface area contributed by atoms with Crippen molar-refractivity contribution >= 4 is 17.2 Å². The third kappa shape index (κ3) is 3.80. The molecular formula is C23H24N2O2S.